The fourth-order valence-corrected chi connectivity index (χ4v) is 3.48. The fraction of sp³-hybridized carbons (Fsp3) is 0.200. The number of pyridine rings is 1. The Kier molecular flexibility index (Phi) is 5.06. The van der Waals surface area contributed by atoms with E-state index < -0.39 is 0 Å². The zero-order valence-electron chi connectivity index (χ0n) is 12.4. The van der Waals surface area contributed by atoms with Gasteiger partial charge < -0.3 is 4.74 Å². The van der Waals surface area contributed by atoms with E-state index in [4.69, 9.17) is 4.74 Å². The van der Waals surface area contributed by atoms with Gasteiger partial charge in [0.05, 0.1) is 18.0 Å². The maximum absolute atomic E-state index is 12.7. The van der Waals surface area contributed by atoms with Crippen molar-refractivity contribution in [3.8, 4) is 10.6 Å². The van der Waals surface area contributed by atoms with Gasteiger partial charge >= 0.3 is 0 Å². The van der Waals surface area contributed by atoms with E-state index in [9.17, 15) is 4.79 Å². The van der Waals surface area contributed by atoms with Crippen LogP contribution in [0.2, 0.25) is 0 Å². The summed E-state index contributed by atoms with van der Waals surface area (Å²) in [6, 6.07) is 7.39. The van der Waals surface area contributed by atoms with Crippen LogP contribution in [0.25, 0.3) is 10.6 Å². The molecule has 0 radical (unpaired) electrons. The van der Waals surface area contributed by atoms with E-state index in [1.54, 1.807) is 30.5 Å². The van der Waals surface area contributed by atoms with Crippen molar-refractivity contribution < 1.29 is 9.53 Å². The van der Waals surface area contributed by atoms with Crippen molar-refractivity contribution in [1.82, 2.24) is 15.2 Å². The predicted molar refractivity (Wildman–Crippen MR) is 91.0 cm³/mol. The average Bonchev–Trinajstić information content (AvgIpc) is 3.28. The molecular weight excluding hydrogens is 332 g/mol. The molecule has 0 bridgehead atoms. The average molecular weight is 346 g/mol. The highest BCUT2D eigenvalue weighted by atomic mass is 32.1. The second kappa shape index (κ2) is 7.40. The number of hydrogen-bond acceptors (Lipinski definition) is 7. The minimum absolute atomic E-state index is 0.0884. The number of nitrogens with zero attached hydrogens (tertiary/aromatic N) is 4. The largest absolute Gasteiger partial charge is 0.383 e. The Morgan fingerprint density at radius 2 is 2.09 bits per heavy atom. The number of ether oxygens (including phenoxy) is 1. The van der Waals surface area contributed by atoms with Crippen molar-refractivity contribution in [2.45, 2.75) is 0 Å². The van der Waals surface area contributed by atoms with Gasteiger partial charge in [-0.05, 0) is 23.6 Å². The molecule has 118 valence electrons. The zero-order valence-corrected chi connectivity index (χ0v) is 14.0. The molecule has 3 aromatic rings. The molecule has 0 saturated heterocycles. The lowest BCUT2D eigenvalue weighted by Crippen LogP contribution is -2.33. The van der Waals surface area contributed by atoms with Gasteiger partial charge in [0.1, 0.15) is 5.01 Å². The van der Waals surface area contributed by atoms with E-state index in [1.165, 1.54) is 22.7 Å². The third-order valence-electron chi connectivity index (χ3n) is 3.07. The molecule has 0 fully saturated rings. The maximum Gasteiger partial charge on any atom is 0.270 e. The topological polar surface area (TPSA) is 68.2 Å². The highest BCUT2D eigenvalue weighted by Crippen LogP contribution is 2.29. The minimum Gasteiger partial charge on any atom is -0.383 e. The van der Waals surface area contributed by atoms with Crippen LogP contribution in [0.4, 0.5) is 5.13 Å². The number of methoxy groups -OCH3 is 1. The molecule has 0 atom stereocenters. The number of anilines is 1. The van der Waals surface area contributed by atoms with Crippen molar-refractivity contribution >= 4 is 33.7 Å². The number of aromatic nitrogens is 3. The lowest BCUT2D eigenvalue weighted by atomic mass is 10.3. The number of carbonyl (C=O) groups excluding carboxylic acids is 1. The van der Waals surface area contributed by atoms with Gasteiger partial charge in [0.15, 0.2) is 0 Å². The summed E-state index contributed by atoms with van der Waals surface area (Å²) in [5, 5.41) is 11.6. The molecule has 3 aromatic heterocycles. The summed E-state index contributed by atoms with van der Waals surface area (Å²) in [6.07, 6.45) is 3.41. The van der Waals surface area contributed by atoms with Crippen LogP contribution in [0.5, 0.6) is 0 Å². The van der Waals surface area contributed by atoms with Gasteiger partial charge in [-0.15, -0.1) is 21.5 Å². The number of amides is 1. The lowest BCUT2D eigenvalue weighted by molar-refractivity contribution is 0.0979. The first-order valence-corrected chi connectivity index (χ1v) is 8.57. The van der Waals surface area contributed by atoms with Crippen molar-refractivity contribution in [2.75, 3.05) is 25.2 Å². The summed E-state index contributed by atoms with van der Waals surface area (Å²) in [4.78, 5) is 18.9. The summed E-state index contributed by atoms with van der Waals surface area (Å²) in [5.74, 6) is -0.0884. The second-order valence-electron chi connectivity index (χ2n) is 4.55. The number of thiophene rings is 1. The highest BCUT2D eigenvalue weighted by molar-refractivity contribution is 7.18. The molecule has 0 saturated carbocycles. The molecule has 0 spiro atoms. The van der Waals surface area contributed by atoms with E-state index in [-0.39, 0.29) is 5.91 Å². The number of rotatable bonds is 6. The molecule has 0 aliphatic rings. The van der Waals surface area contributed by atoms with Gasteiger partial charge in [0.2, 0.25) is 5.13 Å². The molecule has 8 heteroatoms. The summed E-state index contributed by atoms with van der Waals surface area (Å²) in [5.41, 5.74) is 0.930. The second-order valence-corrected chi connectivity index (χ2v) is 6.46. The van der Waals surface area contributed by atoms with Crippen LogP contribution >= 0.6 is 22.7 Å². The standard InChI is InChI=1S/C15H14N4O2S2/c1-21-9-8-19(14(20)12-3-2-10-22-12)15-18-17-13(23-15)11-4-6-16-7-5-11/h2-7,10H,8-9H2,1H3. The Labute approximate surface area is 141 Å². The monoisotopic (exact) mass is 346 g/mol. The Balaban J connectivity index is 1.88. The van der Waals surface area contributed by atoms with E-state index in [0.29, 0.717) is 23.2 Å². The van der Waals surface area contributed by atoms with Crippen molar-refractivity contribution in [3.05, 3.63) is 46.9 Å². The van der Waals surface area contributed by atoms with E-state index in [2.05, 4.69) is 15.2 Å². The van der Waals surface area contributed by atoms with Gasteiger partial charge in [-0.3, -0.25) is 14.7 Å². The number of carbonyl (C=O) groups is 1. The first-order valence-electron chi connectivity index (χ1n) is 6.88. The molecule has 23 heavy (non-hydrogen) atoms. The quantitative estimate of drug-likeness (QED) is 0.686. The summed E-state index contributed by atoms with van der Waals surface area (Å²) in [7, 11) is 1.61. The van der Waals surface area contributed by atoms with Crippen LogP contribution in [-0.2, 0) is 4.74 Å². The van der Waals surface area contributed by atoms with Crippen LogP contribution in [0.15, 0.2) is 42.0 Å². The van der Waals surface area contributed by atoms with E-state index >= 15 is 0 Å². The van der Waals surface area contributed by atoms with Gasteiger partial charge in [-0.1, -0.05) is 17.4 Å². The molecule has 0 aromatic carbocycles. The van der Waals surface area contributed by atoms with E-state index in [1.807, 2.05) is 23.6 Å². The lowest BCUT2D eigenvalue weighted by Gasteiger charge is -2.17. The molecule has 0 N–H and O–H groups in total. The van der Waals surface area contributed by atoms with Gasteiger partial charge in [0.25, 0.3) is 5.91 Å². The van der Waals surface area contributed by atoms with Crippen LogP contribution in [0.1, 0.15) is 9.67 Å². The minimum atomic E-state index is -0.0884. The third kappa shape index (κ3) is 3.61. The molecule has 0 unspecified atom stereocenters. The maximum atomic E-state index is 12.7. The molecule has 3 heterocycles. The Morgan fingerprint density at radius 3 is 2.78 bits per heavy atom. The van der Waals surface area contributed by atoms with Crippen LogP contribution in [0.3, 0.4) is 0 Å². The van der Waals surface area contributed by atoms with Crippen LogP contribution in [0, 0.1) is 0 Å². The predicted octanol–water partition coefficient (Wildman–Crippen LogP) is 2.95. The first kappa shape index (κ1) is 15.7. The summed E-state index contributed by atoms with van der Waals surface area (Å²) >= 11 is 2.78. The normalized spacial score (nSPS) is 10.7. The van der Waals surface area contributed by atoms with Crippen molar-refractivity contribution in [2.24, 2.45) is 0 Å². The highest BCUT2D eigenvalue weighted by Gasteiger charge is 2.22. The molecule has 0 aliphatic heterocycles. The van der Waals surface area contributed by atoms with Gasteiger partial charge in [0, 0.05) is 25.1 Å². The Morgan fingerprint density at radius 1 is 1.26 bits per heavy atom. The first-order chi connectivity index (χ1) is 11.3. The molecule has 1 amide bonds. The fourth-order valence-electron chi connectivity index (χ4n) is 1.94. The molecule has 6 nitrogen and oxygen atoms in total. The smallest absolute Gasteiger partial charge is 0.270 e. The van der Waals surface area contributed by atoms with Gasteiger partial charge in [-0.25, -0.2) is 0 Å². The van der Waals surface area contributed by atoms with Crippen LogP contribution in [-0.4, -0.2) is 41.3 Å². The van der Waals surface area contributed by atoms with Crippen LogP contribution < -0.4 is 4.90 Å². The molecular formula is C15H14N4O2S2. The van der Waals surface area contributed by atoms with Crippen molar-refractivity contribution in [1.29, 1.82) is 0 Å². The van der Waals surface area contributed by atoms with E-state index in [0.717, 1.165) is 10.6 Å². The van der Waals surface area contributed by atoms with Gasteiger partial charge in [-0.2, -0.15) is 0 Å². The summed E-state index contributed by atoms with van der Waals surface area (Å²) < 4.78 is 5.11. The SMILES string of the molecule is COCCN(C(=O)c1cccs1)c1nnc(-c2ccncc2)s1. The summed E-state index contributed by atoms with van der Waals surface area (Å²) in [6.45, 7) is 0.861. The zero-order chi connectivity index (χ0) is 16.1. The molecule has 0 aliphatic carbocycles. The molecule has 3 rings (SSSR count). The third-order valence-corrected chi connectivity index (χ3v) is 4.92. The van der Waals surface area contributed by atoms with Crippen molar-refractivity contribution in [3.63, 3.8) is 0 Å². The Hall–Kier alpha value is -2.16. The Bertz CT molecular complexity index is 759. The number of hydrogen-bond donors (Lipinski definition) is 0.